The monoisotopic (exact) mass is 854 g/mol. The van der Waals surface area contributed by atoms with Gasteiger partial charge in [-0.3, -0.25) is 9.59 Å². The predicted octanol–water partition coefficient (Wildman–Crippen LogP) is 15.6. The molecular formula is C55H99NO5. The first kappa shape index (κ1) is 58.6. The first-order chi connectivity index (χ1) is 30.0. The summed E-state index contributed by atoms with van der Waals surface area (Å²) in [6.07, 6.45) is 59.9. The molecule has 6 heteroatoms. The quantitative estimate of drug-likeness (QED) is 0.0322. The fraction of sp³-hybridized carbons (Fsp3) is 0.782. The second-order valence-electron chi connectivity index (χ2n) is 17.6. The summed E-state index contributed by atoms with van der Waals surface area (Å²) in [6, 6.07) is -0.715. The Labute approximate surface area is 378 Å². The van der Waals surface area contributed by atoms with Gasteiger partial charge in [0.15, 0.2) is 0 Å². The van der Waals surface area contributed by atoms with Gasteiger partial charge in [-0.05, 0) is 70.6 Å². The Morgan fingerprint density at radius 2 is 0.885 bits per heavy atom. The van der Waals surface area contributed by atoms with Gasteiger partial charge in [-0.15, -0.1) is 0 Å². The average Bonchev–Trinajstić information content (AvgIpc) is 3.25. The van der Waals surface area contributed by atoms with Crippen molar-refractivity contribution >= 4 is 11.9 Å². The number of hydrogen-bond donors (Lipinski definition) is 3. The van der Waals surface area contributed by atoms with Crippen LogP contribution in [0.2, 0.25) is 0 Å². The maximum atomic E-state index is 13.2. The van der Waals surface area contributed by atoms with E-state index in [-0.39, 0.29) is 24.9 Å². The SMILES string of the molecule is CC/C=C/C=C/C=C\CCCCCCCC(=O)OC(CCCCC/C=C/C=C/CCCCCCCCC)CC(=O)NC(CO)C(O)CCCCCCCCCCCCCCC. The molecule has 0 radical (unpaired) electrons. The summed E-state index contributed by atoms with van der Waals surface area (Å²) in [7, 11) is 0. The van der Waals surface area contributed by atoms with E-state index in [1.807, 2.05) is 0 Å². The van der Waals surface area contributed by atoms with Gasteiger partial charge in [0.25, 0.3) is 0 Å². The Bertz CT molecular complexity index is 1090. The van der Waals surface area contributed by atoms with Crippen LogP contribution in [0.1, 0.15) is 252 Å². The summed E-state index contributed by atoms with van der Waals surface area (Å²) >= 11 is 0. The highest BCUT2D eigenvalue weighted by atomic mass is 16.5. The Kier molecular flexibility index (Phi) is 46.6. The van der Waals surface area contributed by atoms with Crippen molar-refractivity contribution in [2.45, 2.75) is 270 Å². The van der Waals surface area contributed by atoms with Crippen LogP contribution in [-0.4, -0.2) is 46.9 Å². The molecule has 3 unspecified atom stereocenters. The molecular weight excluding hydrogens is 755 g/mol. The van der Waals surface area contributed by atoms with Crippen LogP contribution in [0, 0.1) is 0 Å². The number of esters is 1. The summed E-state index contributed by atoms with van der Waals surface area (Å²) < 4.78 is 5.91. The third-order valence-corrected chi connectivity index (χ3v) is 11.7. The highest BCUT2D eigenvalue weighted by Gasteiger charge is 2.24. The summed E-state index contributed by atoms with van der Waals surface area (Å²) in [5.74, 6) is -0.522. The number of aliphatic hydroxyl groups is 2. The van der Waals surface area contributed by atoms with E-state index in [1.54, 1.807) is 0 Å². The van der Waals surface area contributed by atoms with Gasteiger partial charge >= 0.3 is 5.97 Å². The first-order valence-electron chi connectivity index (χ1n) is 26.1. The molecule has 0 aliphatic heterocycles. The van der Waals surface area contributed by atoms with Gasteiger partial charge in [0.2, 0.25) is 5.91 Å². The maximum absolute atomic E-state index is 13.2. The van der Waals surface area contributed by atoms with Crippen LogP contribution in [0.4, 0.5) is 0 Å². The zero-order valence-electron chi connectivity index (χ0n) is 40.3. The van der Waals surface area contributed by atoms with Crippen molar-refractivity contribution in [2.24, 2.45) is 0 Å². The number of unbranched alkanes of at least 4 members (excludes halogenated alkanes) is 27. The number of rotatable bonds is 46. The molecule has 61 heavy (non-hydrogen) atoms. The van der Waals surface area contributed by atoms with Crippen molar-refractivity contribution in [3.8, 4) is 0 Å². The minimum Gasteiger partial charge on any atom is -0.462 e. The third-order valence-electron chi connectivity index (χ3n) is 11.7. The molecule has 0 saturated heterocycles. The zero-order chi connectivity index (χ0) is 44.5. The second kappa shape index (κ2) is 48.6. The zero-order valence-corrected chi connectivity index (χ0v) is 40.3. The van der Waals surface area contributed by atoms with Crippen molar-refractivity contribution in [2.75, 3.05) is 6.61 Å². The normalized spacial score (nSPS) is 13.7. The highest BCUT2D eigenvalue weighted by Crippen LogP contribution is 2.17. The van der Waals surface area contributed by atoms with E-state index in [2.05, 4.69) is 86.8 Å². The van der Waals surface area contributed by atoms with Crippen LogP contribution in [0.15, 0.2) is 60.8 Å². The van der Waals surface area contributed by atoms with Crippen LogP contribution in [-0.2, 0) is 14.3 Å². The standard InChI is InChI=1S/C55H99NO5/c1-4-7-10-13-16-19-22-25-26-27-30-31-34-37-40-43-46-51(61-55(60)48-45-42-39-36-33-29-24-21-18-15-12-9-6-3)49-54(59)56-52(50-57)53(58)47-44-41-38-35-32-28-23-20-17-14-11-8-5-2/h9,12,15,18,21,24,26-27,30-31,51-53,57-58H,4-8,10-11,13-14,16-17,19-20,22-23,25,28-29,32-50H2,1-3H3,(H,56,59)/b12-9+,18-15+,24-21-,27-26+,31-30+. The molecule has 0 spiro atoms. The molecule has 3 atom stereocenters. The lowest BCUT2D eigenvalue weighted by molar-refractivity contribution is -0.151. The smallest absolute Gasteiger partial charge is 0.306 e. The van der Waals surface area contributed by atoms with E-state index < -0.39 is 18.2 Å². The first-order valence-corrected chi connectivity index (χ1v) is 26.1. The molecule has 0 bridgehead atoms. The summed E-state index contributed by atoms with van der Waals surface area (Å²) in [5.41, 5.74) is 0. The molecule has 0 aromatic heterocycles. The van der Waals surface area contributed by atoms with Crippen molar-refractivity contribution < 1.29 is 24.5 Å². The lowest BCUT2D eigenvalue weighted by atomic mass is 10.0. The molecule has 0 aromatic carbocycles. The van der Waals surface area contributed by atoms with Crippen LogP contribution >= 0.6 is 0 Å². The lowest BCUT2D eigenvalue weighted by Gasteiger charge is -2.24. The molecule has 3 N–H and O–H groups in total. The van der Waals surface area contributed by atoms with E-state index in [1.165, 1.54) is 109 Å². The van der Waals surface area contributed by atoms with Crippen molar-refractivity contribution in [1.29, 1.82) is 0 Å². The highest BCUT2D eigenvalue weighted by molar-refractivity contribution is 5.77. The van der Waals surface area contributed by atoms with Crippen molar-refractivity contribution in [3.63, 3.8) is 0 Å². The number of aliphatic hydroxyl groups excluding tert-OH is 2. The van der Waals surface area contributed by atoms with Crippen LogP contribution in [0.5, 0.6) is 0 Å². The molecule has 0 aromatic rings. The average molecular weight is 854 g/mol. The van der Waals surface area contributed by atoms with Gasteiger partial charge < -0.3 is 20.3 Å². The number of allylic oxidation sites excluding steroid dienone is 10. The maximum Gasteiger partial charge on any atom is 0.306 e. The van der Waals surface area contributed by atoms with Gasteiger partial charge in [0, 0.05) is 6.42 Å². The Hall–Kier alpha value is -2.44. The minimum absolute atomic E-state index is 0.0503. The molecule has 1 amide bonds. The second-order valence-corrected chi connectivity index (χ2v) is 17.6. The molecule has 354 valence electrons. The number of hydrogen-bond acceptors (Lipinski definition) is 5. The summed E-state index contributed by atoms with van der Waals surface area (Å²) in [4.78, 5) is 26.1. The van der Waals surface area contributed by atoms with Gasteiger partial charge in [-0.25, -0.2) is 0 Å². The fourth-order valence-corrected chi connectivity index (χ4v) is 7.72. The summed E-state index contributed by atoms with van der Waals surface area (Å²) in [5, 5.41) is 23.8. The van der Waals surface area contributed by atoms with E-state index in [0.29, 0.717) is 19.3 Å². The van der Waals surface area contributed by atoms with Gasteiger partial charge in [-0.2, -0.15) is 0 Å². The number of ether oxygens (including phenoxy) is 1. The van der Waals surface area contributed by atoms with Crippen LogP contribution in [0.3, 0.4) is 0 Å². The van der Waals surface area contributed by atoms with E-state index in [9.17, 15) is 19.8 Å². The molecule has 0 heterocycles. The Morgan fingerprint density at radius 3 is 1.36 bits per heavy atom. The van der Waals surface area contributed by atoms with Crippen molar-refractivity contribution in [1.82, 2.24) is 5.32 Å². The van der Waals surface area contributed by atoms with E-state index >= 15 is 0 Å². The number of carbonyl (C=O) groups excluding carboxylic acids is 2. The number of nitrogens with one attached hydrogen (secondary N) is 1. The van der Waals surface area contributed by atoms with Crippen LogP contribution in [0.25, 0.3) is 0 Å². The fourth-order valence-electron chi connectivity index (χ4n) is 7.72. The van der Waals surface area contributed by atoms with Gasteiger partial charge in [0.05, 0.1) is 25.2 Å². The molecule has 0 rings (SSSR count). The van der Waals surface area contributed by atoms with E-state index in [4.69, 9.17) is 4.74 Å². The number of amides is 1. The Balaban J connectivity index is 4.66. The predicted molar refractivity (Wildman–Crippen MR) is 264 cm³/mol. The topological polar surface area (TPSA) is 95.9 Å². The van der Waals surface area contributed by atoms with E-state index in [0.717, 1.165) is 96.3 Å². The minimum atomic E-state index is -0.799. The summed E-state index contributed by atoms with van der Waals surface area (Å²) in [6.45, 7) is 6.34. The van der Waals surface area contributed by atoms with Crippen LogP contribution < -0.4 is 5.32 Å². The molecule has 6 nitrogen and oxygen atoms in total. The Morgan fingerprint density at radius 1 is 0.492 bits per heavy atom. The lowest BCUT2D eigenvalue weighted by Crippen LogP contribution is -2.46. The van der Waals surface area contributed by atoms with Crippen molar-refractivity contribution in [3.05, 3.63) is 60.8 Å². The third kappa shape index (κ3) is 44.0. The molecule has 0 saturated carbocycles. The number of carbonyl (C=O) groups is 2. The molecule has 0 aliphatic carbocycles. The van der Waals surface area contributed by atoms with Gasteiger partial charge in [-0.1, -0.05) is 229 Å². The largest absolute Gasteiger partial charge is 0.462 e. The van der Waals surface area contributed by atoms with Gasteiger partial charge in [0.1, 0.15) is 6.10 Å². The molecule has 0 fully saturated rings. The molecule has 0 aliphatic rings.